The molecule has 0 saturated heterocycles. The second-order valence-corrected chi connectivity index (χ2v) is 5.77. The third-order valence-corrected chi connectivity index (χ3v) is 3.78. The highest BCUT2D eigenvalue weighted by molar-refractivity contribution is 7.99. The minimum absolute atomic E-state index is 0.555. The van der Waals surface area contributed by atoms with Crippen molar-refractivity contribution in [1.82, 2.24) is 4.98 Å². The third kappa shape index (κ3) is 3.38. The summed E-state index contributed by atoms with van der Waals surface area (Å²) in [6.45, 7) is 4.15. The molecule has 17 heavy (non-hydrogen) atoms. The van der Waals surface area contributed by atoms with Gasteiger partial charge in [-0.2, -0.15) is 0 Å². The first-order valence-electron chi connectivity index (χ1n) is 5.12. The van der Waals surface area contributed by atoms with E-state index in [1.807, 2.05) is 0 Å². The fourth-order valence-electron chi connectivity index (χ4n) is 1.58. The summed E-state index contributed by atoms with van der Waals surface area (Å²) in [4.78, 5) is 5.37. The van der Waals surface area contributed by atoms with E-state index in [1.54, 1.807) is 24.0 Å². The molecule has 0 unspecified atom stereocenters. The normalized spacial score (nSPS) is 10.6. The Morgan fingerprint density at radius 3 is 2.24 bits per heavy atom. The molecular formula is C13H11Cl2NS. The van der Waals surface area contributed by atoms with E-state index in [0.717, 1.165) is 9.92 Å². The van der Waals surface area contributed by atoms with Gasteiger partial charge in [0.15, 0.2) is 0 Å². The summed E-state index contributed by atoms with van der Waals surface area (Å²) in [7, 11) is 0. The molecular weight excluding hydrogens is 273 g/mol. The third-order valence-electron chi connectivity index (χ3n) is 2.18. The average Bonchev–Trinajstić information content (AvgIpc) is 2.21. The number of rotatable bonds is 2. The van der Waals surface area contributed by atoms with Crippen LogP contribution in [0.1, 0.15) is 11.1 Å². The number of halogens is 2. The number of aromatic nitrogens is 1. The van der Waals surface area contributed by atoms with E-state index in [9.17, 15) is 0 Å². The average molecular weight is 284 g/mol. The van der Waals surface area contributed by atoms with Gasteiger partial charge in [0.2, 0.25) is 0 Å². The van der Waals surface area contributed by atoms with Crippen LogP contribution in [0.4, 0.5) is 0 Å². The Hall–Kier alpha value is -0.700. The molecule has 0 N–H and O–H groups in total. The van der Waals surface area contributed by atoms with Gasteiger partial charge in [-0.25, -0.2) is 4.98 Å². The van der Waals surface area contributed by atoms with E-state index in [2.05, 4.69) is 37.0 Å². The van der Waals surface area contributed by atoms with Crippen molar-refractivity contribution in [1.29, 1.82) is 0 Å². The Morgan fingerprint density at radius 1 is 1.00 bits per heavy atom. The highest BCUT2D eigenvalue weighted by Gasteiger charge is 2.06. The molecule has 0 amide bonds. The molecule has 0 fully saturated rings. The van der Waals surface area contributed by atoms with E-state index in [4.69, 9.17) is 23.2 Å². The van der Waals surface area contributed by atoms with E-state index in [1.165, 1.54) is 11.1 Å². The number of benzene rings is 1. The van der Waals surface area contributed by atoms with Crippen LogP contribution in [0.5, 0.6) is 0 Å². The number of pyridine rings is 1. The number of hydrogen-bond donors (Lipinski definition) is 0. The van der Waals surface area contributed by atoms with E-state index in [0.29, 0.717) is 10.0 Å². The number of aryl methyl sites for hydroxylation is 2. The molecule has 1 aromatic carbocycles. The van der Waals surface area contributed by atoms with E-state index >= 15 is 0 Å². The molecule has 1 heterocycles. The summed E-state index contributed by atoms with van der Waals surface area (Å²) < 4.78 is 0. The van der Waals surface area contributed by atoms with Crippen molar-refractivity contribution in [2.24, 2.45) is 0 Å². The molecule has 1 nitrogen and oxygen atoms in total. The van der Waals surface area contributed by atoms with Gasteiger partial charge in [-0.3, -0.25) is 0 Å². The predicted molar refractivity (Wildman–Crippen MR) is 74.3 cm³/mol. The molecule has 0 bridgehead atoms. The van der Waals surface area contributed by atoms with Gasteiger partial charge in [0.05, 0.1) is 10.0 Å². The van der Waals surface area contributed by atoms with Gasteiger partial charge in [-0.15, -0.1) is 0 Å². The Balaban J connectivity index is 2.31. The van der Waals surface area contributed by atoms with Crippen LogP contribution in [0.2, 0.25) is 10.0 Å². The Morgan fingerprint density at radius 2 is 1.65 bits per heavy atom. The molecule has 0 atom stereocenters. The lowest BCUT2D eigenvalue weighted by atomic mass is 10.2. The fraction of sp³-hybridized carbons (Fsp3) is 0.154. The first-order chi connectivity index (χ1) is 8.04. The maximum absolute atomic E-state index is 6.09. The summed E-state index contributed by atoms with van der Waals surface area (Å²) in [5, 5.41) is 1.92. The summed E-state index contributed by atoms with van der Waals surface area (Å²) >= 11 is 13.5. The van der Waals surface area contributed by atoms with Crippen LogP contribution < -0.4 is 0 Å². The van der Waals surface area contributed by atoms with Crippen LogP contribution in [0, 0.1) is 13.8 Å². The molecule has 0 aliphatic rings. The highest BCUT2D eigenvalue weighted by atomic mass is 35.5. The molecule has 0 aliphatic carbocycles. The van der Waals surface area contributed by atoms with Crippen molar-refractivity contribution in [2.45, 2.75) is 23.8 Å². The second-order valence-electron chi connectivity index (χ2n) is 3.87. The lowest BCUT2D eigenvalue weighted by Crippen LogP contribution is -1.84. The van der Waals surface area contributed by atoms with Crippen molar-refractivity contribution in [3.8, 4) is 0 Å². The maximum Gasteiger partial charge on any atom is 0.119 e. The van der Waals surface area contributed by atoms with Gasteiger partial charge < -0.3 is 0 Å². The topological polar surface area (TPSA) is 12.9 Å². The lowest BCUT2D eigenvalue weighted by Gasteiger charge is -2.05. The van der Waals surface area contributed by atoms with Crippen LogP contribution in [0.25, 0.3) is 0 Å². The standard InChI is InChI=1S/C13H11Cl2NS/c1-8-3-9(2)5-11(4-8)17-13-12(15)6-10(14)7-16-13/h3-7H,1-2H3. The zero-order valence-electron chi connectivity index (χ0n) is 9.50. The lowest BCUT2D eigenvalue weighted by molar-refractivity contribution is 1.13. The molecule has 0 spiro atoms. The zero-order chi connectivity index (χ0) is 12.4. The van der Waals surface area contributed by atoms with Gasteiger partial charge in [-0.05, 0) is 43.2 Å². The van der Waals surface area contributed by atoms with Gasteiger partial charge in [0.1, 0.15) is 5.03 Å². The monoisotopic (exact) mass is 283 g/mol. The van der Waals surface area contributed by atoms with Gasteiger partial charge >= 0.3 is 0 Å². The fourth-order valence-corrected chi connectivity index (χ4v) is 3.05. The van der Waals surface area contributed by atoms with Crippen LogP contribution in [-0.4, -0.2) is 4.98 Å². The first kappa shape index (κ1) is 12.7. The van der Waals surface area contributed by atoms with Crippen molar-refractivity contribution in [3.63, 3.8) is 0 Å². The number of nitrogens with zero attached hydrogens (tertiary/aromatic N) is 1. The largest absolute Gasteiger partial charge is 0.246 e. The molecule has 1 aromatic heterocycles. The molecule has 0 saturated carbocycles. The van der Waals surface area contributed by atoms with Crippen LogP contribution in [-0.2, 0) is 0 Å². The first-order valence-corrected chi connectivity index (χ1v) is 6.69. The van der Waals surface area contributed by atoms with E-state index in [-0.39, 0.29) is 0 Å². The minimum atomic E-state index is 0.555. The Kier molecular flexibility index (Phi) is 3.97. The van der Waals surface area contributed by atoms with Crippen molar-refractivity contribution >= 4 is 35.0 Å². The SMILES string of the molecule is Cc1cc(C)cc(Sc2ncc(Cl)cc2Cl)c1. The molecule has 2 rings (SSSR count). The Bertz CT molecular complexity index is 535. The zero-order valence-corrected chi connectivity index (χ0v) is 11.8. The summed E-state index contributed by atoms with van der Waals surface area (Å²) in [5.41, 5.74) is 2.47. The smallest absolute Gasteiger partial charge is 0.119 e. The molecule has 0 radical (unpaired) electrons. The van der Waals surface area contributed by atoms with Crippen LogP contribution >= 0.6 is 35.0 Å². The van der Waals surface area contributed by atoms with Crippen molar-refractivity contribution in [2.75, 3.05) is 0 Å². The van der Waals surface area contributed by atoms with Crippen molar-refractivity contribution < 1.29 is 0 Å². The van der Waals surface area contributed by atoms with Crippen LogP contribution in [0.15, 0.2) is 40.4 Å². The molecule has 0 aliphatic heterocycles. The second kappa shape index (κ2) is 5.30. The summed E-state index contributed by atoms with van der Waals surface area (Å²) in [5.74, 6) is 0. The number of hydrogen-bond acceptors (Lipinski definition) is 2. The minimum Gasteiger partial charge on any atom is -0.246 e. The Labute approximate surface area is 115 Å². The van der Waals surface area contributed by atoms with Crippen LogP contribution in [0.3, 0.4) is 0 Å². The van der Waals surface area contributed by atoms with Gasteiger partial charge in [0.25, 0.3) is 0 Å². The quantitative estimate of drug-likeness (QED) is 0.755. The molecule has 4 heteroatoms. The van der Waals surface area contributed by atoms with Gasteiger partial charge in [-0.1, -0.05) is 41.0 Å². The summed E-state index contributed by atoms with van der Waals surface area (Å²) in [6.07, 6.45) is 1.61. The highest BCUT2D eigenvalue weighted by Crippen LogP contribution is 2.33. The van der Waals surface area contributed by atoms with Crippen molar-refractivity contribution in [3.05, 3.63) is 51.6 Å². The predicted octanol–water partition coefficient (Wildman–Crippen LogP) is 5.16. The molecule has 2 aromatic rings. The maximum atomic E-state index is 6.09. The van der Waals surface area contributed by atoms with Gasteiger partial charge in [0, 0.05) is 11.1 Å². The van der Waals surface area contributed by atoms with E-state index < -0.39 is 0 Å². The molecule has 88 valence electrons. The summed E-state index contributed by atoms with van der Waals surface area (Å²) in [6, 6.07) is 8.08.